The zero-order valence-corrected chi connectivity index (χ0v) is 12.2. The number of halogens is 1. The predicted molar refractivity (Wildman–Crippen MR) is 77.7 cm³/mol. The summed E-state index contributed by atoms with van der Waals surface area (Å²) in [5, 5.41) is 19.8. The SMILES string of the molecule is Cn1cnc(CNC(=O)NCC(O)c2ccc(Cl)cc2)n1. The van der Waals surface area contributed by atoms with E-state index in [9.17, 15) is 9.90 Å². The lowest BCUT2D eigenvalue weighted by molar-refractivity contribution is 0.173. The molecule has 1 atom stereocenters. The van der Waals surface area contributed by atoms with E-state index in [1.807, 2.05) is 0 Å². The number of hydrogen-bond acceptors (Lipinski definition) is 4. The van der Waals surface area contributed by atoms with E-state index < -0.39 is 12.1 Å². The summed E-state index contributed by atoms with van der Waals surface area (Å²) in [7, 11) is 1.75. The van der Waals surface area contributed by atoms with Crippen molar-refractivity contribution in [3.8, 4) is 0 Å². The van der Waals surface area contributed by atoms with Crippen molar-refractivity contribution in [2.75, 3.05) is 6.54 Å². The Kier molecular flexibility index (Phi) is 5.13. The lowest BCUT2D eigenvalue weighted by Gasteiger charge is -2.12. The van der Waals surface area contributed by atoms with Crippen molar-refractivity contribution in [2.24, 2.45) is 7.05 Å². The van der Waals surface area contributed by atoms with Gasteiger partial charge in [0.05, 0.1) is 12.6 Å². The summed E-state index contributed by atoms with van der Waals surface area (Å²) < 4.78 is 1.55. The Balaban J connectivity index is 1.74. The van der Waals surface area contributed by atoms with E-state index >= 15 is 0 Å². The summed E-state index contributed by atoms with van der Waals surface area (Å²) in [5.41, 5.74) is 0.686. The van der Waals surface area contributed by atoms with Gasteiger partial charge in [-0.15, -0.1) is 0 Å². The fourth-order valence-corrected chi connectivity index (χ4v) is 1.80. The quantitative estimate of drug-likeness (QED) is 0.768. The number of carbonyl (C=O) groups excluding carboxylic acids is 1. The summed E-state index contributed by atoms with van der Waals surface area (Å²) in [6, 6.07) is 6.41. The standard InChI is InChI=1S/C13H16ClN5O2/c1-19-8-17-12(18-19)7-16-13(21)15-6-11(20)9-2-4-10(14)5-3-9/h2-5,8,11,20H,6-7H2,1H3,(H2,15,16,21). The Bertz CT molecular complexity index is 599. The lowest BCUT2D eigenvalue weighted by Crippen LogP contribution is -2.37. The second kappa shape index (κ2) is 7.05. The maximum Gasteiger partial charge on any atom is 0.315 e. The number of nitrogens with one attached hydrogen (secondary N) is 2. The minimum Gasteiger partial charge on any atom is -0.387 e. The highest BCUT2D eigenvalue weighted by atomic mass is 35.5. The third kappa shape index (κ3) is 4.73. The van der Waals surface area contributed by atoms with Gasteiger partial charge in [0.15, 0.2) is 5.82 Å². The molecule has 0 bridgehead atoms. The van der Waals surface area contributed by atoms with Crippen molar-refractivity contribution in [1.82, 2.24) is 25.4 Å². The predicted octanol–water partition coefficient (Wildman–Crippen LogP) is 1.00. The van der Waals surface area contributed by atoms with Crippen LogP contribution in [0.5, 0.6) is 0 Å². The molecule has 21 heavy (non-hydrogen) atoms. The number of rotatable bonds is 5. The molecular weight excluding hydrogens is 294 g/mol. The summed E-state index contributed by atoms with van der Waals surface area (Å²) in [4.78, 5) is 15.6. The molecule has 0 radical (unpaired) electrons. The number of amides is 2. The van der Waals surface area contributed by atoms with Gasteiger partial charge in [-0.1, -0.05) is 23.7 Å². The molecule has 1 aromatic carbocycles. The minimum atomic E-state index is -0.791. The second-order valence-corrected chi connectivity index (χ2v) is 4.90. The Morgan fingerprint density at radius 2 is 2.10 bits per heavy atom. The molecule has 1 aromatic heterocycles. The average Bonchev–Trinajstić information content (AvgIpc) is 2.89. The molecule has 2 aromatic rings. The third-order valence-electron chi connectivity index (χ3n) is 2.76. The number of hydrogen-bond donors (Lipinski definition) is 3. The van der Waals surface area contributed by atoms with Crippen LogP contribution in [0.4, 0.5) is 4.79 Å². The zero-order chi connectivity index (χ0) is 15.2. The van der Waals surface area contributed by atoms with Crippen LogP contribution in [-0.4, -0.2) is 32.4 Å². The van der Waals surface area contributed by atoms with Crippen molar-refractivity contribution in [1.29, 1.82) is 0 Å². The molecule has 1 unspecified atom stereocenters. The van der Waals surface area contributed by atoms with Crippen LogP contribution in [0.25, 0.3) is 0 Å². The van der Waals surface area contributed by atoms with E-state index in [2.05, 4.69) is 20.7 Å². The molecule has 8 heteroatoms. The first-order valence-corrected chi connectivity index (χ1v) is 6.72. The molecule has 0 aliphatic heterocycles. The molecule has 1 heterocycles. The summed E-state index contributed by atoms with van der Waals surface area (Å²) in [6.07, 6.45) is 0.764. The van der Waals surface area contributed by atoms with Crippen LogP contribution in [0.1, 0.15) is 17.5 Å². The molecule has 0 fully saturated rings. The monoisotopic (exact) mass is 309 g/mol. The number of benzene rings is 1. The maximum absolute atomic E-state index is 11.6. The lowest BCUT2D eigenvalue weighted by atomic mass is 10.1. The Labute approximate surface area is 126 Å². The van der Waals surface area contributed by atoms with Crippen molar-refractivity contribution < 1.29 is 9.90 Å². The molecule has 3 N–H and O–H groups in total. The second-order valence-electron chi connectivity index (χ2n) is 4.47. The largest absolute Gasteiger partial charge is 0.387 e. The van der Waals surface area contributed by atoms with Gasteiger partial charge < -0.3 is 15.7 Å². The number of aliphatic hydroxyl groups excluding tert-OH is 1. The number of aromatic nitrogens is 3. The van der Waals surface area contributed by atoms with Gasteiger partial charge in [0.1, 0.15) is 6.33 Å². The number of urea groups is 1. The fourth-order valence-electron chi connectivity index (χ4n) is 1.68. The zero-order valence-electron chi connectivity index (χ0n) is 11.5. The van der Waals surface area contributed by atoms with Crippen molar-refractivity contribution >= 4 is 17.6 Å². The molecule has 112 valence electrons. The fraction of sp³-hybridized carbons (Fsp3) is 0.308. The van der Waals surface area contributed by atoms with Crippen molar-refractivity contribution in [3.63, 3.8) is 0 Å². The number of aliphatic hydroxyl groups is 1. The van der Waals surface area contributed by atoms with Gasteiger partial charge in [-0.3, -0.25) is 4.68 Å². The van der Waals surface area contributed by atoms with Crippen LogP contribution in [-0.2, 0) is 13.6 Å². The highest BCUT2D eigenvalue weighted by Crippen LogP contribution is 2.15. The highest BCUT2D eigenvalue weighted by molar-refractivity contribution is 6.30. The average molecular weight is 310 g/mol. The Morgan fingerprint density at radius 1 is 1.38 bits per heavy atom. The van der Waals surface area contributed by atoms with E-state index in [0.717, 1.165) is 0 Å². The minimum absolute atomic E-state index is 0.100. The third-order valence-corrected chi connectivity index (χ3v) is 3.02. The van der Waals surface area contributed by atoms with Gasteiger partial charge in [-0.2, -0.15) is 5.10 Å². The summed E-state index contributed by atoms with van der Waals surface area (Å²) in [5.74, 6) is 0.519. The molecule has 0 aliphatic carbocycles. The molecule has 2 amide bonds. The van der Waals surface area contributed by atoms with Gasteiger partial charge in [-0.05, 0) is 17.7 Å². The molecule has 0 spiro atoms. The van der Waals surface area contributed by atoms with E-state index in [0.29, 0.717) is 16.4 Å². The Hall–Kier alpha value is -2.12. The molecule has 7 nitrogen and oxygen atoms in total. The van der Waals surface area contributed by atoms with Gasteiger partial charge in [0.2, 0.25) is 0 Å². The molecule has 0 aliphatic rings. The van der Waals surface area contributed by atoms with Crippen LogP contribution in [0.2, 0.25) is 5.02 Å². The van der Waals surface area contributed by atoms with E-state index in [1.54, 1.807) is 42.3 Å². The number of carbonyl (C=O) groups is 1. The van der Waals surface area contributed by atoms with Gasteiger partial charge in [-0.25, -0.2) is 9.78 Å². The van der Waals surface area contributed by atoms with Crippen LogP contribution in [0, 0.1) is 0 Å². The highest BCUT2D eigenvalue weighted by Gasteiger charge is 2.09. The van der Waals surface area contributed by atoms with Crippen LogP contribution in [0.15, 0.2) is 30.6 Å². The smallest absolute Gasteiger partial charge is 0.315 e. The first kappa shape index (κ1) is 15.3. The van der Waals surface area contributed by atoms with E-state index in [1.165, 1.54) is 0 Å². The molecule has 0 saturated carbocycles. The van der Waals surface area contributed by atoms with Crippen molar-refractivity contribution in [2.45, 2.75) is 12.6 Å². The normalized spacial score (nSPS) is 12.0. The number of aryl methyl sites for hydroxylation is 1. The Morgan fingerprint density at radius 3 is 2.71 bits per heavy atom. The van der Waals surface area contributed by atoms with E-state index in [4.69, 9.17) is 11.6 Å². The first-order valence-electron chi connectivity index (χ1n) is 6.34. The number of nitrogens with zero attached hydrogens (tertiary/aromatic N) is 3. The van der Waals surface area contributed by atoms with Crippen LogP contribution >= 0.6 is 11.6 Å². The van der Waals surface area contributed by atoms with Gasteiger partial charge >= 0.3 is 6.03 Å². The van der Waals surface area contributed by atoms with E-state index in [-0.39, 0.29) is 13.1 Å². The molecule has 0 saturated heterocycles. The topological polar surface area (TPSA) is 92.1 Å². The first-order chi connectivity index (χ1) is 10.0. The summed E-state index contributed by atoms with van der Waals surface area (Å²) >= 11 is 5.77. The maximum atomic E-state index is 11.6. The summed E-state index contributed by atoms with van der Waals surface area (Å²) in [6.45, 7) is 0.326. The molecule has 2 rings (SSSR count). The molecular formula is C13H16ClN5O2. The van der Waals surface area contributed by atoms with Crippen molar-refractivity contribution in [3.05, 3.63) is 47.0 Å². The van der Waals surface area contributed by atoms with Crippen LogP contribution < -0.4 is 10.6 Å². The van der Waals surface area contributed by atoms with Crippen LogP contribution in [0.3, 0.4) is 0 Å². The van der Waals surface area contributed by atoms with Gasteiger partial charge in [0, 0.05) is 18.6 Å². The van der Waals surface area contributed by atoms with Gasteiger partial charge in [0.25, 0.3) is 0 Å².